The topological polar surface area (TPSA) is 78.2 Å². The molecule has 0 bridgehead atoms. The van der Waals surface area contributed by atoms with E-state index in [0.29, 0.717) is 11.4 Å². The van der Waals surface area contributed by atoms with Crippen LogP contribution in [0, 0.1) is 0 Å². The standard InChI is InChI=1S/C24H17N5O/c30-24(23-26-20-10-4-6-16-7-5-11-21(27-23)22(16)20)25-17-12-14-19(15-13-17)29-28-18-8-2-1-3-9-18/h1-15H,(H,25,30)(H,26,27). The summed E-state index contributed by atoms with van der Waals surface area (Å²) in [4.78, 5) is 17.2. The van der Waals surface area contributed by atoms with Gasteiger partial charge in [0.15, 0.2) is 5.84 Å². The molecule has 0 aromatic heterocycles. The van der Waals surface area contributed by atoms with Gasteiger partial charge in [-0.2, -0.15) is 10.2 Å². The predicted molar refractivity (Wildman–Crippen MR) is 120 cm³/mol. The van der Waals surface area contributed by atoms with E-state index < -0.39 is 0 Å². The molecule has 4 aromatic carbocycles. The highest BCUT2D eigenvalue weighted by Crippen LogP contribution is 2.35. The highest BCUT2D eigenvalue weighted by atomic mass is 16.2. The van der Waals surface area contributed by atoms with Crippen LogP contribution in [0.1, 0.15) is 0 Å². The minimum absolute atomic E-state index is 0.258. The smallest absolute Gasteiger partial charge is 0.291 e. The van der Waals surface area contributed by atoms with E-state index >= 15 is 0 Å². The zero-order chi connectivity index (χ0) is 20.3. The summed E-state index contributed by atoms with van der Waals surface area (Å²) >= 11 is 0. The molecule has 4 aromatic rings. The quantitative estimate of drug-likeness (QED) is 0.398. The Labute approximate surface area is 173 Å². The van der Waals surface area contributed by atoms with Gasteiger partial charge in [-0.3, -0.25) is 4.79 Å². The van der Waals surface area contributed by atoms with Gasteiger partial charge in [-0.15, -0.1) is 0 Å². The van der Waals surface area contributed by atoms with Crippen LogP contribution in [0.2, 0.25) is 0 Å². The summed E-state index contributed by atoms with van der Waals surface area (Å²) in [6, 6.07) is 28.5. The molecule has 6 nitrogen and oxygen atoms in total. The minimum Gasteiger partial charge on any atom is -0.335 e. The van der Waals surface area contributed by atoms with Crippen molar-refractivity contribution in [2.75, 3.05) is 10.6 Å². The molecular weight excluding hydrogens is 374 g/mol. The zero-order valence-corrected chi connectivity index (χ0v) is 15.9. The summed E-state index contributed by atoms with van der Waals surface area (Å²) in [6.07, 6.45) is 0. The molecule has 0 aliphatic carbocycles. The molecule has 0 radical (unpaired) electrons. The molecule has 0 atom stereocenters. The molecule has 2 N–H and O–H groups in total. The van der Waals surface area contributed by atoms with E-state index in [-0.39, 0.29) is 11.7 Å². The number of benzene rings is 4. The molecule has 6 heteroatoms. The fourth-order valence-electron chi connectivity index (χ4n) is 3.31. The van der Waals surface area contributed by atoms with Crippen molar-refractivity contribution in [1.82, 2.24) is 0 Å². The van der Waals surface area contributed by atoms with E-state index in [1.807, 2.05) is 66.7 Å². The summed E-state index contributed by atoms with van der Waals surface area (Å²) < 4.78 is 0. The number of azo groups is 1. The number of nitrogens with zero attached hydrogens (tertiary/aromatic N) is 3. The van der Waals surface area contributed by atoms with Crippen molar-refractivity contribution in [2.24, 2.45) is 15.2 Å². The number of hydrogen-bond donors (Lipinski definition) is 2. The van der Waals surface area contributed by atoms with E-state index in [1.165, 1.54) is 0 Å². The highest BCUT2D eigenvalue weighted by molar-refractivity contribution is 6.48. The molecular formula is C24H17N5O. The van der Waals surface area contributed by atoms with E-state index in [9.17, 15) is 4.79 Å². The molecule has 1 aliphatic rings. The van der Waals surface area contributed by atoms with Gasteiger partial charge in [0.1, 0.15) is 0 Å². The number of amidine groups is 1. The largest absolute Gasteiger partial charge is 0.335 e. The number of carbonyl (C=O) groups excluding carboxylic acids is 1. The summed E-state index contributed by atoms with van der Waals surface area (Å²) in [5, 5.41) is 16.5. The van der Waals surface area contributed by atoms with E-state index in [1.54, 1.807) is 24.3 Å². The molecule has 0 saturated carbocycles. The molecule has 1 amide bonds. The fraction of sp³-hybridized carbons (Fsp3) is 0. The van der Waals surface area contributed by atoms with Crippen LogP contribution < -0.4 is 10.6 Å². The van der Waals surface area contributed by atoms with Crippen LogP contribution in [0.15, 0.2) is 106 Å². The maximum absolute atomic E-state index is 12.7. The second-order valence-corrected chi connectivity index (χ2v) is 6.80. The average molecular weight is 391 g/mol. The van der Waals surface area contributed by atoms with Crippen LogP contribution in [0.5, 0.6) is 0 Å². The zero-order valence-electron chi connectivity index (χ0n) is 15.9. The van der Waals surface area contributed by atoms with Crippen LogP contribution >= 0.6 is 0 Å². The lowest BCUT2D eigenvalue weighted by atomic mass is 10.1. The third kappa shape index (κ3) is 3.54. The Kier molecular flexibility index (Phi) is 4.50. The van der Waals surface area contributed by atoms with Crippen molar-refractivity contribution in [3.63, 3.8) is 0 Å². The summed E-state index contributed by atoms with van der Waals surface area (Å²) in [5.41, 5.74) is 3.79. The Balaban J connectivity index is 1.32. The molecule has 0 saturated heterocycles. The maximum Gasteiger partial charge on any atom is 0.291 e. The van der Waals surface area contributed by atoms with Gasteiger partial charge in [0.05, 0.1) is 17.1 Å². The molecule has 0 fully saturated rings. The Morgan fingerprint density at radius 1 is 0.767 bits per heavy atom. The molecule has 1 aliphatic heterocycles. The van der Waals surface area contributed by atoms with Crippen molar-refractivity contribution in [1.29, 1.82) is 0 Å². The van der Waals surface area contributed by atoms with Gasteiger partial charge in [0, 0.05) is 16.8 Å². The third-order valence-electron chi connectivity index (χ3n) is 4.75. The number of hydrogen-bond acceptors (Lipinski definition) is 5. The van der Waals surface area contributed by atoms with Crippen LogP contribution in [-0.2, 0) is 4.79 Å². The average Bonchev–Trinajstić information content (AvgIpc) is 2.79. The van der Waals surface area contributed by atoms with Gasteiger partial charge in [-0.05, 0) is 53.9 Å². The third-order valence-corrected chi connectivity index (χ3v) is 4.75. The summed E-state index contributed by atoms with van der Waals surface area (Å²) in [7, 11) is 0. The van der Waals surface area contributed by atoms with Crippen molar-refractivity contribution < 1.29 is 4.79 Å². The Hall–Kier alpha value is -4.32. The van der Waals surface area contributed by atoms with E-state index in [2.05, 4.69) is 25.9 Å². The van der Waals surface area contributed by atoms with Crippen LogP contribution in [0.4, 0.5) is 28.4 Å². The lowest BCUT2D eigenvalue weighted by Crippen LogP contribution is -2.30. The van der Waals surface area contributed by atoms with Crippen molar-refractivity contribution in [3.8, 4) is 0 Å². The van der Waals surface area contributed by atoms with Crippen LogP contribution in [0.25, 0.3) is 10.8 Å². The number of nitrogens with one attached hydrogen (secondary N) is 2. The Morgan fingerprint density at radius 2 is 1.47 bits per heavy atom. The molecule has 144 valence electrons. The first-order valence-corrected chi connectivity index (χ1v) is 9.52. The summed E-state index contributed by atoms with van der Waals surface area (Å²) in [5.74, 6) is -0.0470. The van der Waals surface area contributed by atoms with Gasteiger partial charge < -0.3 is 10.6 Å². The second kappa shape index (κ2) is 7.60. The minimum atomic E-state index is -0.305. The number of amides is 1. The van der Waals surface area contributed by atoms with Gasteiger partial charge in [0.2, 0.25) is 0 Å². The van der Waals surface area contributed by atoms with Crippen LogP contribution in [0.3, 0.4) is 0 Å². The molecule has 1 heterocycles. The Bertz CT molecular complexity index is 1290. The Morgan fingerprint density at radius 3 is 2.23 bits per heavy atom. The van der Waals surface area contributed by atoms with Gasteiger partial charge in [-0.25, -0.2) is 4.99 Å². The molecule has 0 unspecified atom stereocenters. The SMILES string of the molecule is O=C(Nc1ccc(N=Nc2ccccc2)cc1)C1=Nc2cccc3cccc(c23)N1. The number of carbonyl (C=O) groups is 1. The first-order valence-electron chi connectivity index (χ1n) is 9.52. The van der Waals surface area contributed by atoms with Gasteiger partial charge >= 0.3 is 0 Å². The van der Waals surface area contributed by atoms with Crippen molar-refractivity contribution in [3.05, 3.63) is 91.0 Å². The monoisotopic (exact) mass is 391 g/mol. The van der Waals surface area contributed by atoms with E-state index in [0.717, 1.165) is 27.8 Å². The van der Waals surface area contributed by atoms with Gasteiger partial charge in [-0.1, -0.05) is 42.5 Å². The summed E-state index contributed by atoms with van der Waals surface area (Å²) in [6.45, 7) is 0. The van der Waals surface area contributed by atoms with Crippen LogP contribution in [-0.4, -0.2) is 11.7 Å². The number of rotatable bonds is 4. The maximum atomic E-state index is 12.7. The normalized spacial score (nSPS) is 12.5. The van der Waals surface area contributed by atoms with Crippen molar-refractivity contribution in [2.45, 2.75) is 0 Å². The van der Waals surface area contributed by atoms with Gasteiger partial charge in [0.25, 0.3) is 5.91 Å². The first-order chi connectivity index (χ1) is 14.8. The lowest BCUT2D eigenvalue weighted by molar-refractivity contribution is -0.110. The lowest BCUT2D eigenvalue weighted by Gasteiger charge is -2.18. The van der Waals surface area contributed by atoms with Crippen molar-refractivity contribution >= 4 is 51.0 Å². The first kappa shape index (κ1) is 17.8. The number of aliphatic imine (C=N–C) groups is 1. The second-order valence-electron chi connectivity index (χ2n) is 6.80. The van der Waals surface area contributed by atoms with E-state index in [4.69, 9.17) is 0 Å². The highest BCUT2D eigenvalue weighted by Gasteiger charge is 2.19. The molecule has 5 rings (SSSR count). The molecule has 30 heavy (non-hydrogen) atoms. The number of anilines is 2. The molecule has 0 spiro atoms. The fourth-order valence-corrected chi connectivity index (χ4v) is 3.31. The predicted octanol–water partition coefficient (Wildman–Crippen LogP) is 6.35.